The summed E-state index contributed by atoms with van der Waals surface area (Å²) in [5.41, 5.74) is 0.809. The molecule has 0 spiro atoms. The van der Waals surface area contributed by atoms with Crippen molar-refractivity contribution < 1.29 is 9.84 Å². The van der Waals surface area contributed by atoms with Crippen molar-refractivity contribution in [3.63, 3.8) is 0 Å². The Kier molecular flexibility index (Phi) is 3.19. The topological polar surface area (TPSA) is 29.5 Å². The minimum atomic E-state index is -0.603. The van der Waals surface area contributed by atoms with Crippen LogP contribution >= 0.6 is 0 Å². The highest BCUT2D eigenvalue weighted by Crippen LogP contribution is 2.64. The van der Waals surface area contributed by atoms with Crippen molar-refractivity contribution >= 4 is 0 Å². The Morgan fingerprint density at radius 2 is 1.24 bits per heavy atom. The molecule has 110 valence electrons. The Morgan fingerprint density at radius 3 is 1.57 bits per heavy atom. The summed E-state index contributed by atoms with van der Waals surface area (Å²) in [5, 5.41) is 10.2. The van der Waals surface area contributed by atoms with Crippen molar-refractivity contribution in [2.45, 2.75) is 32.0 Å². The lowest BCUT2D eigenvalue weighted by Crippen LogP contribution is -2.73. The molecule has 21 heavy (non-hydrogen) atoms. The van der Waals surface area contributed by atoms with Crippen LogP contribution in [0.3, 0.4) is 0 Å². The van der Waals surface area contributed by atoms with Crippen molar-refractivity contribution in [3.8, 4) is 0 Å². The molecule has 1 N–H and O–H groups in total. The molecule has 0 aliphatic carbocycles. The molecule has 0 bridgehead atoms. The van der Waals surface area contributed by atoms with Crippen LogP contribution in [-0.4, -0.2) is 17.3 Å². The number of hydrogen-bond acceptors (Lipinski definition) is 2. The first-order valence-corrected chi connectivity index (χ1v) is 7.40. The Morgan fingerprint density at radius 1 is 0.810 bits per heavy atom. The monoisotopic (exact) mass is 282 g/mol. The molecular weight excluding hydrogens is 260 g/mol. The Labute approximate surface area is 126 Å². The summed E-state index contributed by atoms with van der Waals surface area (Å²) in [7, 11) is 0. The molecule has 1 fully saturated rings. The number of benzene rings is 2. The molecule has 0 aromatic heterocycles. The molecule has 2 nitrogen and oxygen atoms in total. The van der Waals surface area contributed by atoms with Gasteiger partial charge in [-0.25, -0.2) is 0 Å². The molecule has 1 aliphatic heterocycles. The first-order chi connectivity index (χ1) is 9.98. The van der Waals surface area contributed by atoms with Crippen LogP contribution in [0, 0.1) is 5.41 Å². The third-order valence-electron chi connectivity index (χ3n) is 5.19. The predicted octanol–water partition coefficient (Wildman–Crippen LogP) is 3.74. The predicted molar refractivity (Wildman–Crippen MR) is 84.0 cm³/mol. The van der Waals surface area contributed by atoms with Gasteiger partial charge in [0.15, 0.2) is 0 Å². The van der Waals surface area contributed by atoms with E-state index < -0.39 is 5.60 Å². The van der Waals surface area contributed by atoms with Gasteiger partial charge >= 0.3 is 0 Å². The third kappa shape index (κ3) is 1.73. The number of aliphatic hydroxyl groups excluding tert-OH is 1. The van der Waals surface area contributed by atoms with Crippen molar-refractivity contribution in [1.29, 1.82) is 0 Å². The second kappa shape index (κ2) is 4.69. The Balaban J connectivity index is 2.24. The normalized spacial score (nSPS) is 26.1. The third-order valence-corrected chi connectivity index (χ3v) is 5.19. The fourth-order valence-electron chi connectivity index (χ4n) is 3.55. The standard InChI is InChI=1S/C19H22O2/c1-17(2)18(3,14-20)19(21-17,15-10-6-4-7-11-15)16-12-8-5-9-13-16/h4-13,20H,14H2,1-3H3. The number of ether oxygens (including phenoxy) is 1. The lowest BCUT2D eigenvalue weighted by molar-refractivity contribution is -0.360. The van der Waals surface area contributed by atoms with Crippen molar-refractivity contribution in [2.24, 2.45) is 5.41 Å². The summed E-state index contributed by atoms with van der Waals surface area (Å²) >= 11 is 0. The molecule has 1 saturated heterocycles. The SMILES string of the molecule is CC1(C)OC(c2ccccc2)(c2ccccc2)C1(C)CO. The molecule has 3 rings (SSSR count). The maximum atomic E-state index is 10.2. The fourth-order valence-corrected chi connectivity index (χ4v) is 3.55. The molecule has 0 saturated carbocycles. The minimum Gasteiger partial charge on any atom is -0.396 e. The van der Waals surface area contributed by atoms with Crippen LogP contribution in [0.5, 0.6) is 0 Å². The second-order valence-electron chi connectivity index (χ2n) is 6.52. The van der Waals surface area contributed by atoms with Gasteiger partial charge in [-0.15, -0.1) is 0 Å². The zero-order valence-electron chi connectivity index (χ0n) is 12.8. The highest BCUT2D eigenvalue weighted by atomic mass is 16.6. The van der Waals surface area contributed by atoms with Crippen LogP contribution in [-0.2, 0) is 10.3 Å². The zero-order valence-corrected chi connectivity index (χ0v) is 12.8. The molecule has 1 heterocycles. The van der Waals surface area contributed by atoms with Crippen molar-refractivity contribution in [1.82, 2.24) is 0 Å². The highest BCUT2D eigenvalue weighted by molar-refractivity contribution is 5.44. The second-order valence-corrected chi connectivity index (χ2v) is 6.52. The maximum absolute atomic E-state index is 10.2. The summed E-state index contributed by atoms with van der Waals surface area (Å²) in [4.78, 5) is 0. The van der Waals surface area contributed by atoms with Crippen LogP contribution in [0.4, 0.5) is 0 Å². The lowest BCUT2D eigenvalue weighted by Gasteiger charge is -2.67. The van der Waals surface area contributed by atoms with Crippen LogP contribution < -0.4 is 0 Å². The molecule has 0 amide bonds. The van der Waals surface area contributed by atoms with E-state index >= 15 is 0 Å². The fraction of sp³-hybridized carbons (Fsp3) is 0.368. The maximum Gasteiger partial charge on any atom is 0.129 e. The van der Waals surface area contributed by atoms with Gasteiger partial charge < -0.3 is 9.84 Å². The van der Waals surface area contributed by atoms with E-state index in [-0.39, 0.29) is 17.6 Å². The van der Waals surface area contributed by atoms with E-state index in [0.29, 0.717) is 0 Å². The van der Waals surface area contributed by atoms with E-state index in [1.807, 2.05) is 50.2 Å². The van der Waals surface area contributed by atoms with E-state index in [2.05, 4.69) is 31.2 Å². The molecule has 1 atom stereocenters. The quantitative estimate of drug-likeness (QED) is 0.929. The average molecular weight is 282 g/mol. The van der Waals surface area contributed by atoms with Crippen LogP contribution in [0.2, 0.25) is 0 Å². The Hall–Kier alpha value is -1.64. The van der Waals surface area contributed by atoms with Crippen LogP contribution in [0.1, 0.15) is 31.9 Å². The zero-order chi connectivity index (χ0) is 15.1. The van der Waals surface area contributed by atoms with E-state index in [0.717, 1.165) is 11.1 Å². The van der Waals surface area contributed by atoms with Gasteiger partial charge in [-0.3, -0.25) is 0 Å². The largest absolute Gasteiger partial charge is 0.396 e. The minimum absolute atomic E-state index is 0.0732. The number of aliphatic hydroxyl groups is 1. The van der Waals surface area contributed by atoms with Gasteiger partial charge in [-0.1, -0.05) is 67.6 Å². The van der Waals surface area contributed by atoms with Gasteiger partial charge in [0, 0.05) is 0 Å². The van der Waals surface area contributed by atoms with E-state index in [9.17, 15) is 5.11 Å². The first kappa shape index (κ1) is 14.3. The first-order valence-electron chi connectivity index (χ1n) is 7.40. The van der Waals surface area contributed by atoms with Crippen molar-refractivity contribution in [2.75, 3.05) is 6.61 Å². The van der Waals surface area contributed by atoms with E-state index in [1.165, 1.54) is 0 Å². The van der Waals surface area contributed by atoms with Gasteiger partial charge in [0.25, 0.3) is 0 Å². The summed E-state index contributed by atoms with van der Waals surface area (Å²) < 4.78 is 6.43. The summed E-state index contributed by atoms with van der Waals surface area (Å²) in [6.45, 7) is 6.28. The van der Waals surface area contributed by atoms with Gasteiger partial charge in [0.2, 0.25) is 0 Å². The summed E-state index contributed by atoms with van der Waals surface area (Å²) in [5.74, 6) is 0. The van der Waals surface area contributed by atoms with Gasteiger partial charge in [-0.2, -0.15) is 0 Å². The summed E-state index contributed by atoms with van der Waals surface area (Å²) in [6, 6.07) is 20.4. The average Bonchev–Trinajstić information content (AvgIpc) is 2.53. The highest BCUT2D eigenvalue weighted by Gasteiger charge is 2.70. The molecule has 2 aromatic carbocycles. The van der Waals surface area contributed by atoms with E-state index in [1.54, 1.807) is 0 Å². The smallest absolute Gasteiger partial charge is 0.129 e. The van der Waals surface area contributed by atoms with Crippen LogP contribution in [0.15, 0.2) is 60.7 Å². The number of hydrogen-bond donors (Lipinski definition) is 1. The molecule has 2 aromatic rings. The van der Waals surface area contributed by atoms with E-state index in [4.69, 9.17) is 4.74 Å². The van der Waals surface area contributed by atoms with Gasteiger partial charge in [-0.05, 0) is 25.0 Å². The molecule has 2 heteroatoms. The van der Waals surface area contributed by atoms with Crippen LogP contribution in [0.25, 0.3) is 0 Å². The number of rotatable bonds is 3. The van der Waals surface area contributed by atoms with Crippen molar-refractivity contribution in [3.05, 3.63) is 71.8 Å². The Bertz CT molecular complexity index is 579. The molecule has 1 unspecified atom stereocenters. The van der Waals surface area contributed by atoms with Gasteiger partial charge in [0.1, 0.15) is 5.60 Å². The molecule has 0 radical (unpaired) electrons. The lowest BCUT2D eigenvalue weighted by atomic mass is 9.53. The molecular formula is C19H22O2. The molecule has 1 aliphatic rings. The summed E-state index contributed by atoms with van der Waals surface area (Å²) in [6.07, 6.45) is 0. The van der Waals surface area contributed by atoms with Gasteiger partial charge in [0.05, 0.1) is 17.6 Å².